The molecule has 1 fully saturated rings. The number of nitrogens with zero attached hydrogens (tertiary/aromatic N) is 1. The van der Waals surface area contributed by atoms with Gasteiger partial charge in [0.25, 0.3) is 0 Å². The van der Waals surface area contributed by atoms with Crippen LogP contribution in [0.5, 0.6) is 0 Å². The molecule has 2 atom stereocenters. The molecular formula is C13H16BrF3N2. The highest BCUT2D eigenvalue weighted by atomic mass is 79.9. The minimum atomic E-state index is -4.31. The molecule has 0 bridgehead atoms. The summed E-state index contributed by atoms with van der Waals surface area (Å²) in [5.41, 5.74) is 6.04. The van der Waals surface area contributed by atoms with Crippen molar-refractivity contribution in [3.63, 3.8) is 0 Å². The molecule has 1 aromatic rings. The Morgan fingerprint density at radius 2 is 2.11 bits per heavy atom. The molecule has 6 heteroatoms. The summed E-state index contributed by atoms with van der Waals surface area (Å²) in [5, 5.41) is 0. The Hall–Kier alpha value is -0.750. The topological polar surface area (TPSA) is 29.3 Å². The van der Waals surface area contributed by atoms with Crippen LogP contribution in [-0.4, -0.2) is 19.1 Å². The molecule has 0 aromatic heterocycles. The minimum Gasteiger partial charge on any atom is -0.370 e. The molecule has 1 saturated heterocycles. The van der Waals surface area contributed by atoms with E-state index in [1.165, 1.54) is 6.07 Å². The monoisotopic (exact) mass is 336 g/mol. The number of nitrogens with two attached hydrogens (primary N) is 1. The Morgan fingerprint density at radius 3 is 2.58 bits per heavy atom. The molecule has 1 aromatic carbocycles. The predicted molar refractivity (Wildman–Crippen MR) is 73.1 cm³/mol. The van der Waals surface area contributed by atoms with E-state index in [-0.39, 0.29) is 6.04 Å². The van der Waals surface area contributed by atoms with Gasteiger partial charge in [-0.1, -0.05) is 0 Å². The lowest BCUT2D eigenvalue weighted by Gasteiger charge is -2.22. The lowest BCUT2D eigenvalue weighted by Crippen LogP contribution is -2.29. The van der Waals surface area contributed by atoms with Gasteiger partial charge in [-0.25, -0.2) is 0 Å². The van der Waals surface area contributed by atoms with Crippen LogP contribution in [0.3, 0.4) is 0 Å². The molecule has 2 rings (SSSR count). The first-order chi connectivity index (χ1) is 8.79. The highest BCUT2D eigenvalue weighted by Crippen LogP contribution is 2.37. The quantitative estimate of drug-likeness (QED) is 0.893. The molecule has 0 amide bonds. The summed E-state index contributed by atoms with van der Waals surface area (Å²) in [4.78, 5) is 2.08. The Morgan fingerprint density at radius 1 is 1.42 bits per heavy atom. The SMILES string of the molecule is CC(N)C1CCN(c2ccc(C(F)(F)F)cc2Br)C1. The number of anilines is 1. The highest BCUT2D eigenvalue weighted by Gasteiger charge is 2.32. The van der Waals surface area contributed by atoms with E-state index in [0.717, 1.165) is 37.3 Å². The Balaban J connectivity index is 2.19. The first-order valence-corrected chi connectivity index (χ1v) is 6.95. The zero-order valence-electron chi connectivity index (χ0n) is 10.5. The van der Waals surface area contributed by atoms with Gasteiger partial charge < -0.3 is 10.6 Å². The van der Waals surface area contributed by atoms with Gasteiger partial charge in [-0.2, -0.15) is 13.2 Å². The highest BCUT2D eigenvalue weighted by molar-refractivity contribution is 9.10. The van der Waals surface area contributed by atoms with Crippen molar-refractivity contribution in [1.82, 2.24) is 0 Å². The molecule has 2 unspecified atom stereocenters. The van der Waals surface area contributed by atoms with Gasteiger partial charge >= 0.3 is 6.18 Å². The van der Waals surface area contributed by atoms with Crippen LogP contribution in [0, 0.1) is 5.92 Å². The Bertz CT molecular complexity index is 460. The first-order valence-electron chi connectivity index (χ1n) is 6.16. The van der Waals surface area contributed by atoms with Gasteiger partial charge in [0, 0.05) is 23.6 Å². The van der Waals surface area contributed by atoms with E-state index < -0.39 is 11.7 Å². The van der Waals surface area contributed by atoms with Gasteiger partial charge in [-0.05, 0) is 53.4 Å². The normalized spacial score (nSPS) is 21.8. The van der Waals surface area contributed by atoms with Crippen molar-refractivity contribution in [2.24, 2.45) is 11.7 Å². The molecule has 2 nitrogen and oxygen atoms in total. The molecule has 1 aliphatic rings. The van der Waals surface area contributed by atoms with E-state index in [0.29, 0.717) is 10.4 Å². The van der Waals surface area contributed by atoms with E-state index in [1.54, 1.807) is 0 Å². The van der Waals surface area contributed by atoms with Gasteiger partial charge in [-0.15, -0.1) is 0 Å². The van der Waals surface area contributed by atoms with Crippen molar-refractivity contribution in [1.29, 1.82) is 0 Å². The van der Waals surface area contributed by atoms with Gasteiger partial charge in [0.2, 0.25) is 0 Å². The summed E-state index contributed by atoms with van der Waals surface area (Å²) in [7, 11) is 0. The van der Waals surface area contributed by atoms with Crippen molar-refractivity contribution in [3.8, 4) is 0 Å². The molecule has 1 heterocycles. The van der Waals surface area contributed by atoms with E-state index in [2.05, 4.69) is 20.8 Å². The second-order valence-corrected chi connectivity index (χ2v) is 5.87. The summed E-state index contributed by atoms with van der Waals surface area (Å²) in [5.74, 6) is 0.397. The van der Waals surface area contributed by atoms with E-state index in [4.69, 9.17) is 5.73 Å². The van der Waals surface area contributed by atoms with Crippen molar-refractivity contribution < 1.29 is 13.2 Å². The minimum absolute atomic E-state index is 0.109. The molecular weight excluding hydrogens is 321 g/mol. The summed E-state index contributed by atoms with van der Waals surface area (Å²) in [6, 6.07) is 3.89. The smallest absolute Gasteiger partial charge is 0.370 e. The van der Waals surface area contributed by atoms with E-state index in [9.17, 15) is 13.2 Å². The van der Waals surface area contributed by atoms with Crippen LogP contribution < -0.4 is 10.6 Å². The molecule has 0 radical (unpaired) electrons. The largest absolute Gasteiger partial charge is 0.416 e. The van der Waals surface area contributed by atoms with E-state index >= 15 is 0 Å². The van der Waals surface area contributed by atoms with Crippen LogP contribution >= 0.6 is 15.9 Å². The van der Waals surface area contributed by atoms with Gasteiger partial charge in [-0.3, -0.25) is 0 Å². The molecule has 0 aliphatic carbocycles. The fourth-order valence-electron chi connectivity index (χ4n) is 2.37. The third-order valence-corrected chi connectivity index (χ3v) is 4.22. The van der Waals surface area contributed by atoms with Crippen molar-refractivity contribution in [3.05, 3.63) is 28.2 Å². The number of halogens is 4. The molecule has 2 N–H and O–H groups in total. The summed E-state index contributed by atoms with van der Waals surface area (Å²) >= 11 is 3.23. The summed E-state index contributed by atoms with van der Waals surface area (Å²) < 4.78 is 38.3. The maximum atomic E-state index is 12.6. The Kier molecular flexibility index (Phi) is 4.11. The van der Waals surface area contributed by atoms with Gasteiger partial charge in [0.15, 0.2) is 0 Å². The average molecular weight is 337 g/mol. The summed E-state index contributed by atoms with van der Waals surface area (Å²) in [6.07, 6.45) is -3.33. The second kappa shape index (κ2) is 5.32. The van der Waals surface area contributed by atoms with Crippen molar-refractivity contribution in [2.75, 3.05) is 18.0 Å². The summed E-state index contributed by atoms with van der Waals surface area (Å²) in [6.45, 7) is 3.59. The molecule has 106 valence electrons. The standard InChI is InChI=1S/C13H16BrF3N2/c1-8(18)9-4-5-19(7-9)12-3-2-10(6-11(12)14)13(15,16)17/h2-3,6,8-9H,4-5,7,18H2,1H3. The predicted octanol–water partition coefficient (Wildman–Crippen LogP) is 3.64. The number of hydrogen-bond donors (Lipinski definition) is 1. The number of alkyl halides is 3. The van der Waals surface area contributed by atoms with Crippen LogP contribution in [0.1, 0.15) is 18.9 Å². The number of rotatable bonds is 2. The maximum Gasteiger partial charge on any atom is 0.416 e. The third-order valence-electron chi connectivity index (χ3n) is 3.58. The zero-order chi connectivity index (χ0) is 14.2. The van der Waals surface area contributed by atoms with E-state index in [1.807, 2.05) is 6.92 Å². The van der Waals surface area contributed by atoms with Gasteiger partial charge in [0.1, 0.15) is 0 Å². The zero-order valence-corrected chi connectivity index (χ0v) is 12.1. The molecule has 0 spiro atoms. The van der Waals surface area contributed by atoms with Crippen LogP contribution in [0.15, 0.2) is 22.7 Å². The van der Waals surface area contributed by atoms with Crippen LogP contribution in [0.2, 0.25) is 0 Å². The first kappa shape index (κ1) is 14.7. The number of hydrogen-bond acceptors (Lipinski definition) is 2. The molecule has 1 aliphatic heterocycles. The average Bonchev–Trinajstić information content (AvgIpc) is 2.76. The molecule has 0 saturated carbocycles. The third kappa shape index (κ3) is 3.23. The number of benzene rings is 1. The van der Waals surface area contributed by atoms with Crippen molar-refractivity contribution in [2.45, 2.75) is 25.6 Å². The maximum absolute atomic E-state index is 12.6. The van der Waals surface area contributed by atoms with Crippen LogP contribution in [-0.2, 0) is 6.18 Å². The lowest BCUT2D eigenvalue weighted by atomic mass is 10.0. The Labute approximate surface area is 118 Å². The fraction of sp³-hybridized carbons (Fsp3) is 0.538. The second-order valence-electron chi connectivity index (χ2n) is 5.02. The lowest BCUT2D eigenvalue weighted by molar-refractivity contribution is -0.137. The van der Waals surface area contributed by atoms with Gasteiger partial charge in [0.05, 0.1) is 11.3 Å². The fourth-order valence-corrected chi connectivity index (χ4v) is 3.00. The van der Waals surface area contributed by atoms with Crippen molar-refractivity contribution >= 4 is 21.6 Å². The van der Waals surface area contributed by atoms with Crippen LogP contribution in [0.4, 0.5) is 18.9 Å². The molecule has 19 heavy (non-hydrogen) atoms. The van der Waals surface area contributed by atoms with Crippen LogP contribution in [0.25, 0.3) is 0 Å².